The van der Waals surface area contributed by atoms with Crippen molar-refractivity contribution >= 4 is 39.1 Å². The topological polar surface area (TPSA) is 107 Å². The summed E-state index contributed by atoms with van der Waals surface area (Å²) in [6, 6.07) is 5.82. The molecule has 2 heterocycles. The van der Waals surface area contributed by atoms with E-state index in [2.05, 4.69) is 10.3 Å². The molecular weight excluding hydrogens is 388 g/mol. The fourth-order valence-electron chi connectivity index (χ4n) is 3.34. The summed E-state index contributed by atoms with van der Waals surface area (Å²) in [4.78, 5) is 42.4. The van der Waals surface area contributed by atoms with Crippen LogP contribution in [0.1, 0.15) is 45.0 Å². The monoisotopic (exact) mass is 412 g/mol. The van der Waals surface area contributed by atoms with Gasteiger partial charge < -0.3 is 11.1 Å². The van der Waals surface area contributed by atoms with Gasteiger partial charge in [0.2, 0.25) is 5.91 Å². The minimum absolute atomic E-state index is 0.198. The van der Waals surface area contributed by atoms with E-state index in [9.17, 15) is 14.4 Å². The van der Waals surface area contributed by atoms with Gasteiger partial charge in [-0.25, -0.2) is 4.98 Å². The third kappa shape index (κ3) is 4.22. The summed E-state index contributed by atoms with van der Waals surface area (Å²) < 4.78 is 1.54. The average molecular weight is 413 g/mol. The minimum Gasteiger partial charge on any atom is -0.370 e. The molecular formula is C21H24N4O3S. The lowest BCUT2D eigenvalue weighted by Gasteiger charge is -2.09. The Hall–Kier alpha value is -3.00. The van der Waals surface area contributed by atoms with Crippen LogP contribution in [0.2, 0.25) is 0 Å². The molecule has 0 spiro atoms. The van der Waals surface area contributed by atoms with Gasteiger partial charge >= 0.3 is 0 Å². The first kappa shape index (κ1) is 20.7. The Morgan fingerprint density at radius 2 is 1.93 bits per heavy atom. The van der Waals surface area contributed by atoms with Crippen molar-refractivity contribution in [2.75, 3.05) is 5.32 Å². The average Bonchev–Trinajstić information content (AvgIpc) is 2.96. The van der Waals surface area contributed by atoms with Crippen molar-refractivity contribution in [3.8, 4) is 0 Å². The summed E-state index contributed by atoms with van der Waals surface area (Å²) in [5.74, 6) is -0.105. The van der Waals surface area contributed by atoms with Crippen molar-refractivity contribution in [1.82, 2.24) is 9.55 Å². The van der Waals surface area contributed by atoms with Crippen LogP contribution < -0.4 is 16.6 Å². The summed E-state index contributed by atoms with van der Waals surface area (Å²) in [6.07, 6.45) is 0.669. The molecule has 7 nitrogen and oxygen atoms in total. The van der Waals surface area contributed by atoms with E-state index in [4.69, 9.17) is 5.73 Å². The van der Waals surface area contributed by atoms with E-state index in [1.807, 2.05) is 32.0 Å². The van der Waals surface area contributed by atoms with Gasteiger partial charge in [-0.05, 0) is 51.3 Å². The summed E-state index contributed by atoms with van der Waals surface area (Å²) >= 11 is 1.22. The first-order valence-electron chi connectivity index (χ1n) is 9.36. The van der Waals surface area contributed by atoms with Gasteiger partial charge in [-0.1, -0.05) is 17.7 Å². The number of thiophene rings is 1. The van der Waals surface area contributed by atoms with Crippen molar-refractivity contribution in [2.24, 2.45) is 5.73 Å². The van der Waals surface area contributed by atoms with Crippen LogP contribution in [0.4, 0.5) is 5.69 Å². The Balaban J connectivity index is 1.96. The highest BCUT2D eigenvalue weighted by Crippen LogP contribution is 2.28. The fraction of sp³-hybridized carbons (Fsp3) is 0.333. The Kier molecular flexibility index (Phi) is 5.83. The quantitative estimate of drug-likeness (QED) is 0.648. The minimum atomic E-state index is -0.401. The molecule has 0 aliphatic rings. The third-order valence-corrected chi connectivity index (χ3v) is 6.07. The Morgan fingerprint density at radius 3 is 2.59 bits per heavy atom. The van der Waals surface area contributed by atoms with Crippen LogP contribution in [-0.2, 0) is 11.3 Å². The van der Waals surface area contributed by atoms with Crippen LogP contribution in [0.3, 0.4) is 0 Å². The van der Waals surface area contributed by atoms with Gasteiger partial charge in [0.05, 0.1) is 10.3 Å². The van der Waals surface area contributed by atoms with Gasteiger partial charge in [-0.3, -0.25) is 19.0 Å². The second-order valence-electron chi connectivity index (χ2n) is 7.19. The summed E-state index contributed by atoms with van der Waals surface area (Å²) in [7, 11) is 0. The van der Waals surface area contributed by atoms with Crippen molar-refractivity contribution in [1.29, 1.82) is 0 Å². The molecule has 0 saturated heterocycles. The van der Waals surface area contributed by atoms with Crippen molar-refractivity contribution in [3.63, 3.8) is 0 Å². The van der Waals surface area contributed by atoms with E-state index in [1.54, 1.807) is 13.8 Å². The fourth-order valence-corrected chi connectivity index (χ4v) is 4.45. The molecule has 0 atom stereocenters. The zero-order valence-electron chi connectivity index (χ0n) is 17.0. The third-order valence-electron chi connectivity index (χ3n) is 4.88. The first-order chi connectivity index (χ1) is 13.7. The molecule has 0 saturated carbocycles. The van der Waals surface area contributed by atoms with E-state index < -0.39 is 5.91 Å². The number of anilines is 1. The van der Waals surface area contributed by atoms with Crippen LogP contribution in [0.15, 0.2) is 23.0 Å². The highest BCUT2D eigenvalue weighted by atomic mass is 32.1. The molecule has 0 radical (unpaired) electrons. The molecule has 0 unspecified atom stereocenters. The number of fused-ring (bicyclic) bond motifs is 1. The zero-order chi connectivity index (χ0) is 21.3. The molecule has 0 fully saturated rings. The number of aryl methyl sites for hydroxylation is 4. The molecule has 29 heavy (non-hydrogen) atoms. The molecule has 8 heteroatoms. The van der Waals surface area contributed by atoms with E-state index in [1.165, 1.54) is 15.9 Å². The second-order valence-corrected chi connectivity index (χ2v) is 8.19. The van der Waals surface area contributed by atoms with Crippen LogP contribution in [0.25, 0.3) is 10.2 Å². The molecule has 3 rings (SSSR count). The second kappa shape index (κ2) is 8.16. The lowest BCUT2D eigenvalue weighted by atomic mass is 10.1. The van der Waals surface area contributed by atoms with Gasteiger partial charge in [-0.2, -0.15) is 0 Å². The van der Waals surface area contributed by atoms with Crippen LogP contribution in [0, 0.1) is 27.7 Å². The summed E-state index contributed by atoms with van der Waals surface area (Å²) in [5.41, 5.74) is 8.44. The predicted octanol–water partition coefficient (Wildman–Crippen LogP) is 3.21. The Labute approximate surface area is 172 Å². The molecule has 2 aromatic heterocycles. The molecule has 3 N–H and O–H groups in total. The zero-order valence-corrected chi connectivity index (χ0v) is 17.8. The largest absolute Gasteiger partial charge is 0.370 e. The van der Waals surface area contributed by atoms with Crippen molar-refractivity contribution < 1.29 is 9.59 Å². The SMILES string of the molecule is Cc1ccc(NC(=O)c2sc3nc(C)n(CCCC(N)=O)c(=O)c3c2C)c(C)c1. The molecule has 0 bridgehead atoms. The number of nitrogens with one attached hydrogen (secondary N) is 1. The van der Waals surface area contributed by atoms with Crippen molar-refractivity contribution in [3.05, 3.63) is 55.9 Å². The number of aromatic nitrogens is 2. The van der Waals surface area contributed by atoms with Gasteiger partial charge in [0.1, 0.15) is 10.7 Å². The number of rotatable bonds is 6. The maximum Gasteiger partial charge on any atom is 0.266 e. The number of nitrogens with zero attached hydrogens (tertiary/aromatic N) is 2. The van der Waals surface area contributed by atoms with E-state index in [0.29, 0.717) is 39.4 Å². The Bertz CT molecular complexity index is 1180. The van der Waals surface area contributed by atoms with E-state index in [-0.39, 0.29) is 17.9 Å². The molecule has 3 aromatic rings. The Morgan fingerprint density at radius 1 is 1.21 bits per heavy atom. The first-order valence-corrected chi connectivity index (χ1v) is 10.2. The number of primary amides is 1. The molecule has 152 valence electrons. The molecule has 0 aliphatic heterocycles. The lowest BCUT2D eigenvalue weighted by Crippen LogP contribution is -2.24. The highest BCUT2D eigenvalue weighted by molar-refractivity contribution is 7.20. The van der Waals surface area contributed by atoms with Gasteiger partial charge in [-0.15, -0.1) is 11.3 Å². The normalized spacial score (nSPS) is 11.0. The van der Waals surface area contributed by atoms with Crippen LogP contribution in [0.5, 0.6) is 0 Å². The molecule has 0 aliphatic carbocycles. The van der Waals surface area contributed by atoms with E-state index in [0.717, 1.165) is 16.8 Å². The predicted molar refractivity (Wildman–Crippen MR) is 116 cm³/mol. The van der Waals surface area contributed by atoms with Crippen LogP contribution in [-0.4, -0.2) is 21.4 Å². The number of benzene rings is 1. The summed E-state index contributed by atoms with van der Waals surface area (Å²) in [6.45, 7) is 7.81. The number of hydrogen-bond acceptors (Lipinski definition) is 5. The van der Waals surface area contributed by atoms with Crippen LogP contribution >= 0.6 is 11.3 Å². The van der Waals surface area contributed by atoms with E-state index >= 15 is 0 Å². The number of carbonyl (C=O) groups excluding carboxylic acids is 2. The standard InChI is InChI=1S/C21H24N4O3S/c1-11-7-8-15(12(2)10-11)24-19(27)18-13(3)17-20(29-18)23-14(4)25(21(17)28)9-5-6-16(22)26/h7-8,10H,5-6,9H2,1-4H3,(H2,22,26)(H,24,27). The molecule has 1 aromatic carbocycles. The van der Waals surface area contributed by atoms with Crippen molar-refractivity contribution in [2.45, 2.75) is 47.1 Å². The maximum atomic E-state index is 13.0. The maximum absolute atomic E-state index is 13.0. The number of nitrogens with two attached hydrogens (primary N) is 1. The summed E-state index contributed by atoms with van der Waals surface area (Å²) in [5, 5.41) is 3.38. The molecule has 2 amide bonds. The van der Waals surface area contributed by atoms with Gasteiger partial charge in [0.15, 0.2) is 0 Å². The smallest absolute Gasteiger partial charge is 0.266 e. The number of amides is 2. The highest BCUT2D eigenvalue weighted by Gasteiger charge is 2.21. The lowest BCUT2D eigenvalue weighted by molar-refractivity contribution is -0.118. The number of hydrogen-bond donors (Lipinski definition) is 2. The van der Waals surface area contributed by atoms with Gasteiger partial charge in [0.25, 0.3) is 11.5 Å². The number of carbonyl (C=O) groups is 2. The van der Waals surface area contributed by atoms with Gasteiger partial charge in [0, 0.05) is 18.7 Å².